The molecule has 0 aliphatic heterocycles. The maximum absolute atomic E-state index is 14.3. The van der Waals surface area contributed by atoms with Gasteiger partial charge in [0.25, 0.3) is 0 Å². The van der Waals surface area contributed by atoms with Crippen LogP contribution in [0.15, 0.2) is 42.5 Å². The van der Waals surface area contributed by atoms with Crippen LogP contribution in [-0.4, -0.2) is 11.9 Å². The van der Waals surface area contributed by atoms with E-state index in [-0.39, 0.29) is 21.5 Å². The van der Waals surface area contributed by atoms with Crippen LogP contribution < -0.4 is 9.47 Å². The normalized spacial score (nSPS) is 11.3. The summed E-state index contributed by atoms with van der Waals surface area (Å²) in [5.74, 6) is -29.6. The van der Waals surface area contributed by atoms with Crippen molar-refractivity contribution in [2.75, 3.05) is 0 Å². The average molecular weight is 612 g/mol. The number of benzene rings is 5. The monoisotopic (exact) mass is 612 g/mol. The highest BCUT2D eigenvalue weighted by Gasteiger charge is 2.34. The quantitative estimate of drug-likeness (QED) is 0.0514. The fraction of sp³-hybridized carbons (Fsp3) is 0.0345. The summed E-state index contributed by atoms with van der Waals surface area (Å²) >= 11 is 0. The molecule has 5 aromatic carbocycles. The number of ether oxygens (including phenoxy) is 2. The number of carbonyl (C=O) groups is 2. The molecule has 0 N–H and O–H groups in total. The van der Waals surface area contributed by atoms with Gasteiger partial charge in [-0.05, 0) is 13.0 Å². The molecule has 0 aromatic heterocycles. The summed E-state index contributed by atoms with van der Waals surface area (Å²) in [6.45, 7) is 1.52. The van der Waals surface area contributed by atoms with Crippen molar-refractivity contribution >= 4 is 33.5 Å². The van der Waals surface area contributed by atoms with E-state index in [0.29, 0.717) is 5.56 Å². The fourth-order valence-corrected chi connectivity index (χ4v) is 4.29. The number of rotatable bonds is 4. The van der Waals surface area contributed by atoms with E-state index in [2.05, 4.69) is 0 Å². The van der Waals surface area contributed by atoms with Gasteiger partial charge >= 0.3 is 11.9 Å². The third-order valence-corrected chi connectivity index (χ3v) is 6.30. The first-order chi connectivity index (χ1) is 20.3. The standard InChI is InChI=1S/C29H10F10O4/c1-9-6-7-12-13(8-9)27(43-29(41)15-18(32)22(36)25(39)23(37)19(15)33)11-5-3-2-4-10(11)26(12)42-28(40)14-16(30)20(34)24(38)21(35)17(14)31/h2-8H,1H3. The molecule has 5 rings (SSSR count). The highest BCUT2D eigenvalue weighted by atomic mass is 19.2. The van der Waals surface area contributed by atoms with Gasteiger partial charge in [0, 0.05) is 21.5 Å². The predicted octanol–water partition coefficient (Wildman–Crippen LogP) is 8.13. The van der Waals surface area contributed by atoms with Crippen molar-refractivity contribution in [3.63, 3.8) is 0 Å². The number of fused-ring (bicyclic) bond motifs is 2. The van der Waals surface area contributed by atoms with Gasteiger partial charge in [-0.2, -0.15) is 0 Å². The van der Waals surface area contributed by atoms with Gasteiger partial charge in [-0.15, -0.1) is 0 Å². The van der Waals surface area contributed by atoms with Crippen molar-refractivity contribution < 1.29 is 63.0 Å². The lowest BCUT2D eigenvalue weighted by Gasteiger charge is -2.17. The van der Waals surface area contributed by atoms with Gasteiger partial charge in [-0.25, -0.2) is 53.5 Å². The van der Waals surface area contributed by atoms with Crippen LogP contribution in [0, 0.1) is 65.1 Å². The van der Waals surface area contributed by atoms with Gasteiger partial charge in [0.15, 0.2) is 46.5 Å². The third kappa shape index (κ3) is 4.58. The van der Waals surface area contributed by atoms with Crippen LogP contribution in [0.2, 0.25) is 0 Å². The van der Waals surface area contributed by atoms with Crippen molar-refractivity contribution in [2.24, 2.45) is 0 Å². The molecule has 5 aromatic rings. The van der Waals surface area contributed by atoms with Crippen LogP contribution >= 0.6 is 0 Å². The Morgan fingerprint density at radius 3 is 1.19 bits per heavy atom. The number of esters is 2. The van der Waals surface area contributed by atoms with Crippen molar-refractivity contribution in [3.8, 4) is 11.5 Å². The lowest BCUT2D eigenvalue weighted by atomic mass is 9.99. The molecule has 43 heavy (non-hydrogen) atoms. The average Bonchev–Trinajstić information content (AvgIpc) is 2.98. The van der Waals surface area contributed by atoms with Gasteiger partial charge in [0.05, 0.1) is 0 Å². The highest BCUT2D eigenvalue weighted by molar-refractivity contribution is 6.14. The molecular weight excluding hydrogens is 602 g/mol. The SMILES string of the molecule is Cc1ccc2c(OC(=O)c3c(F)c(F)c(F)c(F)c3F)c3ccccc3c(OC(=O)c3c(F)c(F)c(F)c(F)c3F)c2c1. The van der Waals surface area contributed by atoms with Crippen LogP contribution in [0.5, 0.6) is 11.5 Å². The molecule has 0 atom stereocenters. The minimum Gasteiger partial charge on any atom is -0.421 e. The molecule has 0 fully saturated rings. The molecule has 0 saturated heterocycles. The van der Waals surface area contributed by atoms with E-state index >= 15 is 0 Å². The molecule has 0 aliphatic carbocycles. The van der Waals surface area contributed by atoms with E-state index < -0.39 is 92.7 Å². The molecule has 0 saturated carbocycles. The number of carbonyl (C=O) groups excluding carboxylic acids is 2. The van der Waals surface area contributed by atoms with Crippen LogP contribution in [0.4, 0.5) is 43.9 Å². The summed E-state index contributed by atoms with van der Waals surface area (Å²) in [6.07, 6.45) is 0. The Morgan fingerprint density at radius 2 is 0.791 bits per heavy atom. The first-order valence-electron chi connectivity index (χ1n) is 11.7. The zero-order valence-corrected chi connectivity index (χ0v) is 21.0. The first kappa shape index (κ1) is 29.4. The number of hydrogen-bond donors (Lipinski definition) is 0. The van der Waals surface area contributed by atoms with E-state index in [1.165, 1.54) is 49.4 Å². The lowest BCUT2D eigenvalue weighted by Crippen LogP contribution is -2.18. The van der Waals surface area contributed by atoms with Gasteiger partial charge in [-0.3, -0.25) is 0 Å². The smallest absolute Gasteiger partial charge is 0.349 e. The fourth-order valence-electron chi connectivity index (χ4n) is 4.29. The zero-order chi connectivity index (χ0) is 31.5. The van der Waals surface area contributed by atoms with Gasteiger partial charge < -0.3 is 9.47 Å². The Balaban J connectivity index is 1.72. The zero-order valence-electron chi connectivity index (χ0n) is 21.0. The molecule has 0 bridgehead atoms. The Kier molecular flexibility index (Phi) is 7.24. The van der Waals surface area contributed by atoms with Crippen LogP contribution in [0.25, 0.3) is 21.5 Å². The third-order valence-electron chi connectivity index (χ3n) is 6.30. The Labute approximate surface area is 232 Å². The maximum atomic E-state index is 14.3. The van der Waals surface area contributed by atoms with Crippen LogP contribution in [0.3, 0.4) is 0 Å². The van der Waals surface area contributed by atoms with Gasteiger partial charge in [-0.1, -0.05) is 42.0 Å². The topological polar surface area (TPSA) is 52.6 Å². The maximum Gasteiger partial charge on any atom is 0.349 e. The predicted molar refractivity (Wildman–Crippen MR) is 129 cm³/mol. The van der Waals surface area contributed by atoms with Crippen molar-refractivity contribution in [1.82, 2.24) is 0 Å². The Hall–Kier alpha value is -5.14. The Bertz CT molecular complexity index is 1980. The number of hydrogen-bond acceptors (Lipinski definition) is 4. The second kappa shape index (κ2) is 10.6. The largest absolute Gasteiger partial charge is 0.421 e. The van der Waals surface area contributed by atoms with Crippen LogP contribution in [-0.2, 0) is 0 Å². The molecule has 0 radical (unpaired) electrons. The summed E-state index contributed by atoms with van der Waals surface area (Å²) < 4.78 is 150. The minimum absolute atomic E-state index is 0.184. The Morgan fingerprint density at radius 1 is 0.465 bits per heavy atom. The number of aryl methyl sites for hydroxylation is 1. The molecular formula is C29H10F10O4. The molecule has 0 amide bonds. The van der Waals surface area contributed by atoms with E-state index in [4.69, 9.17) is 9.47 Å². The van der Waals surface area contributed by atoms with Crippen molar-refractivity contribution in [3.05, 3.63) is 117 Å². The summed E-state index contributed by atoms with van der Waals surface area (Å²) in [6, 6.07) is 8.97. The summed E-state index contributed by atoms with van der Waals surface area (Å²) in [4.78, 5) is 25.6. The van der Waals surface area contributed by atoms with Crippen LogP contribution in [0.1, 0.15) is 26.3 Å². The second-order valence-corrected chi connectivity index (χ2v) is 8.92. The van der Waals surface area contributed by atoms with E-state index in [1.807, 2.05) is 0 Å². The number of halogens is 10. The molecule has 0 unspecified atom stereocenters. The molecule has 4 nitrogen and oxygen atoms in total. The molecule has 0 heterocycles. The second-order valence-electron chi connectivity index (χ2n) is 8.92. The van der Waals surface area contributed by atoms with Crippen molar-refractivity contribution in [1.29, 1.82) is 0 Å². The van der Waals surface area contributed by atoms with Crippen molar-refractivity contribution in [2.45, 2.75) is 6.92 Å². The van der Waals surface area contributed by atoms with Gasteiger partial charge in [0.1, 0.15) is 22.6 Å². The molecule has 14 heteroatoms. The van der Waals surface area contributed by atoms with E-state index in [0.717, 1.165) is 0 Å². The summed E-state index contributed by atoms with van der Waals surface area (Å²) in [5, 5.41) is -0.771. The molecule has 220 valence electrons. The highest BCUT2D eigenvalue weighted by Crippen LogP contribution is 2.44. The molecule has 0 aliphatic rings. The lowest BCUT2D eigenvalue weighted by molar-refractivity contribution is 0.0712. The van der Waals surface area contributed by atoms with E-state index in [9.17, 15) is 53.5 Å². The van der Waals surface area contributed by atoms with E-state index in [1.54, 1.807) is 0 Å². The summed E-state index contributed by atoms with van der Waals surface area (Å²) in [7, 11) is 0. The summed E-state index contributed by atoms with van der Waals surface area (Å²) in [5.41, 5.74) is -3.40. The first-order valence-corrected chi connectivity index (χ1v) is 11.7. The minimum atomic E-state index is -2.52. The van der Waals surface area contributed by atoms with Gasteiger partial charge in [0.2, 0.25) is 11.6 Å². The molecule has 0 spiro atoms.